The summed E-state index contributed by atoms with van der Waals surface area (Å²) in [6, 6.07) is 13.4. The van der Waals surface area contributed by atoms with Crippen LogP contribution in [0.2, 0.25) is 0 Å². The van der Waals surface area contributed by atoms with Gasteiger partial charge in [-0.3, -0.25) is 10.1 Å². The van der Waals surface area contributed by atoms with Crippen LogP contribution in [0, 0.1) is 25.2 Å². The second kappa shape index (κ2) is 8.68. The lowest BCUT2D eigenvalue weighted by atomic mass is 10.1. The Balaban J connectivity index is 1.86. The Morgan fingerprint density at radius 1 is 1.32 bits per heavy atom. The van der Waals surface area contributed by atoms with Gasteiger partial charge in [0, 0.05) is 5.56 Å². The zero-order valence-corrected chi connectivity index (χ0v) is 16.9. The van der Waals surface area contributed by atoms with Gasteiger partial charge in [0.15, 0.2) is 5.13 Å². The largest absolute Gasteiger partial charge is 0.493 e. The van der Waals surface area contributed by atoms with E-state index in [1.165, 1.54) is 11.3 Å². The number of aromatic nitrogens is 1. The van der Waals surface area contributed by atoms with Gasteiger partial charge in [0.1, 0.15) is 17.4 Å². The minimum absolute atomic E-state index is 0.000271. The Morgan fingerprint density at radius 2 is 2.11 bits per heavy atom. The van der Waals surface area contributed by atoms with Crippen LogP contribution in [0.15, 0.2) is 42.0 Å². The van der Waals surface area contributed by atoms with Crippen LogP contribution >= 0.6 is 11.3 Å². The minimum atomic E-state index is -0.485. The van der Waals surface area contributed by atoms with Crippen molar-refractivity contribution in [1.29, 1.82) is 5.26 Å². The van der Waals surface area contributed by atoms with Gasteiger partial charge in [-0.2, -0.15) is 5.26 Å². The van der Waals surface area contributed by atoms with Crippen molar-refractivity contribution in [3.05, 3.63) is 58.7 Å². The number of carbonyl (C=O) groups excluding carboxylic acids is 1. The molecule has 1 amide bonds. The summed E-state index contributed by atoms with van der Waals surface area (Å²) in [4.78, 5) is 17.1. The van der Waals surface area contributed by atoms with Gasteiger partial charge in [-0.1, -0.05) is 42.5 Å². The average Bonchev–Trinajstić information content (AvgIpc) is 3.07. The van der Waals surface area contributed by atoms with E-state index < -0.39 is 5.91 Å². The Morgan fingerprint density at radius 3 is 2.86 bits per heavy atom. The lowest BCUT2D eigenvalue weighted by molar-refractivity contribution is -0.112. The molecular formula is C22H21N3O2S. The normalized spacial score (nSPS) is 11.3. The maximum absolute atomic E-state index is 12.6. The Bertz CT molecular complexity index is 1090. The van der Waals surface area contributed by atoms with Crippen molar-refractivity contribution in [2.45, 2.75) is 27.2 Å². The van der Waals surface area contributed by atoms with Gasteiger partial charge >= 0.3 is 0 Å². The van der Waals surface area contributed by atoms with E-state index in [9.17, 15) is 10.1 Å². The molecule has 0 aliphatic carbocycles. The van der Waals surface area contributed by atoms with Gasteiger partial charge in [-0.25, -0.2) is 4.98 Å². The first kappa shape index (κ1) is 19.6. The molecule has 0 radical (unpaired) electrons. The molecular weight excluding hydrogens is 370 g/mol. The summed E-state index contributed by atoms with van der Waals surface area (Å²) in [7, 11) is 0. The predicted molar refractivity (Wildman–Crippen MR) is 114 cm³/mol. The molecule has 0 spiro atoms. The number of hydrogen-bond donors (Lipinski definition) is 1. The van der Waals surface area contributed by atoms with E-state index in [-0.39, 0.29) is 5.57 Å². The fourth-order valence-corrected chi connectivity index (χ4v) is 3.87. The van der Waals surface area contributed by atoms with Crippen LogP contribution in [-0.4, -0.2) is 17.5 Å². The number of fused-ring (bicyclic) bond motifs is 1. The molecule has 6 heteroatoms. The van der Waals surface area contributed by atoms with Crippen molar-refractivity contribution >= 4 is 38.7 Å². The zero-order chi connectivity index (χ0) is 20.1. The number of thiazole rings is 1. The van der Waals surface area contributed by atoms with Crippen LogP contribution in [-0.2, 0) is 4.79 Å². The van der Waals surface area contributed by atoms with Crippen molar-refractivity contribution in [1.82, 2.24) is 4.98 Å². The van der Waals surface area contributed by atoms with Crippen LogP contribution in [0.1, 0.15) is 30.0 Å². The molecule has 0 aliphatic rings. The van der Waals surface area contributed by atoms with Crippen LogP contribution < -0.4 is 10.1 Å². The standard InChI is InChI=1S/C22H21N3O2S/c1-4-9-27-18-8-6-5-7-16(18)12-17(13-23)21(26)25-22-24-20-15(3)10-14(2)11-19(20)28-22/h5-8,10-12H,4,9H2,1-3H3,(H,24,25,26)/b17-12+. The lowest BCUT2D eigenvalue weighted by Gasteiger charge is -2.08. The smallest absolute Gasteiger partial charge is 0.268 e. The van der Waals surface area contributed by atoms with Crippen molar-refractivity contribution in [2.24, 2.45) is 0 Å². The first-order chi connectivity index (χ1) is 13.5. The van der Waals surface area contributed by atoms with E-state index in [0.717, 1.165) is 27.8 Å². The highest BCUT2D eigenvalue weighted by molar-refractivity contribution is 7.22. The van der Waals surface area contributed by atoms with E-state index in [0.29, 0.717) is 23.1 Å². The number of aryl methyl sites for hydroxylation is 2. The maximum Gasteiger partial charge on any atom is 0.268 e. The fraction of sp³-hybridized carbons (Fsp3) is 0.227. The highest BCUT2D eigenvalue weighted by Gasteiger charge is 2.14. The first-order valence-electron chi connectivity index (χ1n) is 9.04. The number of nitriles is 1. The number of nitrogens with zero attached hydrogens (tertiary/aromatic N) is 2. The zero-order valence-electron chi connectivity index (χ0n) is 16.1. The van der Waals surface area contributed by atoms with Crippen LogP contribution in [0.25, 0.3) is 16.3 Å². The van der Waals surface area contributed by atoms with Gasteiger partial charge in [-0.05, 0) is 49.6 Å². The fourth-order valence-electron chi connectivity index (χ4n) is 2.84. The third kappa shape index (κ3) is 4.38. The number of nitrogens with one attached hydrogen (secondary N) is 1. The molecule has 0 bridgehead atoms. The molecule has 2 aromatic carbocycles. The van der Waals surface area contributed by atoms with Crippen molar-refractivity contribution in [3.63, 3.8) is 0 Å². The minimum Gasteiger partial charge on any atom is -0.493 e. The quantitative estimate of drug-likeness (QED) is 0.460. The predicted octanol–water partition coefficient (Wildman–Crippen LogP) is 5.25. The third-order valence-corrected chi connectivity index (χ3v) is 5.01. The van der Waals surface area contributed by atoms with E-state index in [1.807, 2.05) is 57.2 Å². The van der Waals surface area contributed by atoms with E-state index >= 15 is 0 Å². The van der Waals surface area contributed by atoms with Crippen LogP contribution in [0.5, 0.6) is 5.75 Å². The summed E-state index contributed by atoms with van der Waals surface area (Å²) < 4.78 is 6.71. The van der Waals surface area contributed by atoms with Crippen LogP contribution in [0.3, 0.4) is 0 Å². The van der Waals surface area contributed by atoms with Gasteiger partial charge in [0.05, 0.1) is 16.8 Å². The number of benzene rings is 2. The summed E-state index contributed by atoms with van der Waals surface area (Å²) in [6.45, 7) is 6.62. The van der Waals surface area contributed by atoms with Crippen molar-refractivity contribution in [3.8, 4) is 11.8 Å². The molecule has 0 fully saturated rings. The van der Waals surface area contributed by atoms with Crippen molar-refractivity contribution in [2.75, 3.05) is 11.9 Å². The van der Waals surface area contributed by atoms with E-state index in [2.05, 4.69) is 16.4 Å². The highest BCUT2D eigenvalue weighted by Crippen LogP contribution is 2.29. The number of rotatable bonds is 6. The molecule has 0 saturated carbocycles. The van der Waals surface area contributed by atoms with E-state index in [1.54, 1.807) is 6.08 Å². The number of carbonyl (C=O) groups is 1. The van der Waals surface area contributed by atoms with Gasteiger partial charge in [0.25, 0.3) is 5.91 Å². The summed E-state index contributed by atoms with van der Waals surface area (Å²) in [5.41, 5.74) is 3.77. The Hall–Kier alpha value is -3.17. The molecule has 5 nitrogen and oxygen atoms in total. The monoisotopic (exact) mass is 391 g/mol. The lowest BCUT2D eigenvalue weighted by Crippen LogP contribution is -2.13. The van der Waals surface area contributed by atoms with Gasteiger partial charge in [-0.15, -0.1) is 0 Å². The summed E-state index contributed by atoms with van der Waals surface area (Å²) in [6.07, 6.45) is 2.42. The van der Waals surface area contributed by atoms with Gasteiger partial charge in [0.2, 0.25) is 0 Å². The molecule has 0 atom stereocenters. The molecule has 142 valence electrons. The molecule has 28 heavy (non-hydrogen) atoms. The molecule has 1 N–H and O–H groups in total. The number of ether oxygens (including phenoxy) is 1. The molecule has 0 aliphatic heterocycles. The summed E-state index contributed by atoms with van der Waals surface area (Å²) >= 11 is 1.40. The third-order valence-electron chi connectivity index (χ3n) is 4.10. The number of hydrogen-bond acceptors (Lipinski definition) is 5. The molecule has 0 saturated heterocycles. The topological polar surface area (TPSA) is 75.0 Å². The van der Waals surface area contributed by atoms with Crippen molar-refractivity contribution < 1.29 is 9.53 Å². The second-order valence-corrected chi connectivity index (χ2v) is 7.49. The Labute approximate surface area is 168 Å². The maximum atomic E-state index is 12.6. The molecule has 3 aromatic rings. The second-order valence-electron chi connectivity index (χ2n) is 6.46. The molecule has 1 heterocycles. The summed E-state index contributed by atoms with van der Waals surface area (Å²) in [5, 5.41) is 12.7. The molecule has 3 rings (SSSR count). The highest BCUT2D eigenvalue weighted by atomic mass is 32.1. The van der Waals surface area contributed by atoms with E-state index in [4.69, 9.17) is 4.74 Å². The number of anilines is 1. The number of para-hydroxylation sites is 1. The molecule has 0 unspecified atom stereocenters. The van der Waals surface area contributed by atoms with Crippen LogP contribution in [0.4, 0.5) is 5.13 Å². The SMILES string of the molecule is CCCOc1ccccc1/C=C(\C#N)C(=O)Nc1nc2c(C)cc(C)cc2s1. The summed E-state index contributed by atoms with van der Waals surface area (Å²) in [5.74, 6) is 0.164. The Kier molecular flexibility index (Phi) is 6.07. The average molecular weight is 391 g/mol. The van der Waals surface area contributed by atoms with Gasteiger partial charge < -0.3 is 4.74 Å². The number of amides is 1. The first-order valence-corrected chi connectivity index (χ1v) is 9.86. The molecule has 1 aromatic heterocycles.